The SMILES string of the molecule is C/C=C(/CCCCN)C(=O)NC(C)(C)C(N)=O. The molecule has 0 radical (unpaired) electrons. The van der Waals surface area contributed by atoms with Gasteiger partial charge < -0.3 is 16.8 Å². The van der Waals surface area contributed by atoms with E-state index in [1.54, 1.807) is 26.8 Å². The molecule has 0 heterocycles. The molecule has 0 atom stereocenters. The first kappa shape index (κ1) is 15.6. The van der Waals surface area contributed by atoms with Crippen molar-refractivity contribution in [2.45, 2.75) is 45.6 Å². The Hall–Kier alpha value is -1.36. The Labute approximate surface area is 103 Å². The van der Waals surface area contributed by atoms with Gasteiger partial charge in [0.2, 0.25) is 11.8 Å². The van der Waals surface area contributed by atoms with E-state index in [1.165, 1.54) is 0 Å². The molecule has 2 amide bonds. The number of unbranched alkanes of at least 4 members (excludes halogenated alkanes) is 1. The highest BCUT2D eigenvalue weighted by Crippen LogP contribution is 2.10. The van der Waals surface area contributed by atoms with E-state index in [9.17, 15) is 9.59 Å². The van der Waals surface area contributed by atoms with Gasteiger partial charge >= 0.3 is 0 Å². The molecular formula is C12H23N3O2. The summed E-state index contributed by atoms with van der Waals surface area (Å²) >= 11 is 0. The molecule has 0 fully saturated rings. The minimum Gasteiger partial charge on any atom is -0.368 e. The summed E-state index contributed by atoms with van der Waals surface area (Å²) in [5, 5.41) is 2.62. The van der Waals surface area contributed by atoms with Gasteiger partial charge in [0.15, 0.2) is 0 Å². The van der Waals surface area contributed by atoms with Crippen LogP contribution >= 0.6 is 0 Å². The van der Waals surface area contributed by atoms with Crippen LogP contribution in [0.25, 0.3) is 0 Å². The maximum atomic E-state index is 11.9. The standard InChI is InChI=1S/C12H23N3O2/c1-4-9(7-5-6-8-13)10(16)15-12(2,3)11(14)17/h4H,5-8,13H2,1-3H3,(H2,14,17)(H,15,16)/b9-4-. The van der Waals surface area contributed by atoms with Crippen molar-refractivity contribution in [3.63, 3.8) is 0 Å². The topological polar surface area (TPSA) is 98.2 Å². The average molecular weight is 241 g/mol. The van der Waals surface area contributed by atoms with Crippen molar-refractivity contribution in [2.75, 3.05) is 6.54 Å². The van der Waals surface area contributed by atoms with Gasteiger partial charge in [0.05, 0.1) is 0 Å². The third kappa shape index (κ3) is 5.49. The van der Waals surface area contributed by atoms with Crippen LogP contribution in [0.1, 0.15) is 40.0 Å². The van der Waals surface area contributed by atoms with Crippen molar-refractivity contribution in [3.05, 3.63) is 11.6 Å². The predicted molar refractivity (Wildman–Crippen MR) is 68.1 cm³/mol. The van der Waals surface area contributed by atoms with E-state index in [0.29, 0.717) is 18.5 Å². The van der Waals surface area contributed by atoms with Gasteiger partial charge in [-0.1, -0.05) is 6.08 Å². The monoisotopic (exact) mass is 241 g/mol. The summed E-state index contributed by atoms with van der Waals surface area (Å²) in [6, 6.07) is 0. The van der Waals surface area contributed by atoms with Gasteiger partial charge in [0.1, 0.15) is 5.54 Å². The fourth-order valence-electron chi connectivity index (χ4n) is 1.27. The molecular weight excluding hydrogens is 218 g/mol. The highest BCUT2D eigenvalue weighted by Gasteiger charge is 2.27. The Bertz CT molecular complexity index is 309. The molecule has 0 aromatic rings. The third-order valence-electron chi connectivity index (χ3n) is 2.58. The molecule has 5 N–H and O–H groups in total. The fourth-order valence-corrected chi connectivity index (χ4v) is 1.27. The summed E-state index contributed by atoms with van der Waals surface area (Å²) in [4.78, 5) is 23.0. The van der Waals surface area contributed by atoms with Gasteiger partial charge in [-0.2, -0.15) is 0 Å². The van der Waals surface area contributed by atoms with E-state index in [4.69, 9.17) is 11.5 Å². The second-order valence-electron chi connectivity index (χ2n) is 4.50. The van der Waals surface area contributed by atoms with Crippen LogP contribution in [0.2, 0.25) is 0 Å². The lowest BCUT2D eigenvalue weighted by Gasteiger charge is -2.23. The molecule has 5 nitrogen and oxygen atoms in total. The first-order chi connectivity index (χ1) is 7.85. The van der Waals surface area contributed by atoms with Crippen LogP contribution in [0.4, 0.5) is 0 Å². The predicted octanol–water partition coefficient (Wildman–Crippen LogP) is 0.442. The lowest BCUT2D eigenvalue weighted by atomic mass is 10.0. The van der Waals surface area contributed by atoms with Crippen molar-refractivity contribution in [1.29, 1.82) is 0 Å². The fraction of sp³-hybridized carbons (Fsp3) is 0.667. The van der Waals surface area contributed by atoms with Crippen LogP contribution in [-0.2, 0) is 9.59 Å². The smallest absolute Gasteiger partial charge is 0.247 e. The Kier molecular flexibility index (Phi) is 6.50. The van der Waals surface area contributed by atoms with Crippen LogP contribution in [0.5, 0.6) is 0 Å². The molecule has 98 valence electrons. The number of primary amides is 1. The number of hydrogen-bond acceptors (Lipinski definition) is 3. The van der Waals surface area contributed by atoms with Gasteiger partial charge in [-0.05, 0) is 46.6 Å². The summed E-state index contributed by atoms with van der Waals surface area (Å²) in [6.45, 7) is 5.58. The number of amides is 2. The van der Waals surface area contributed by atoms with Crippen molar-refractivity contribution >= 4 is 11.8 Å². The maximum Gasteiger partial charge on any atom is 0.247 e. The molecule has 0 aliphatic heterocycles. The number of allylic oxidation sites excluding steroid dienone is 1. The van der Waals surface area contributed by atoms with E-state index in [0.717, 1.165) is 12.8 Å². The van der Waals surface area contributed by atoms with Crippen molar-refractivity contribution in [3.8, 4) is 0 Å². The van der Waals surface area contributed by atoms with E-state index in [2.05, 4.69) is 5.32 Å². The first-order valence-corrected chi connectivity index (χ1v) is 5.82. The average Bonchev–Trinajstić information content (AvgIpc) is 2.23. The largest absolute Gasteiger partial charge is 0.368 e. The molecule has 0 unspecified atom stereocenters. The van der Waals surface area contributed by atoms with E-state index in [1.807, 2.05) is 0 Å². The van der Waals surface area contributed by atoms with Gasteiger partial charge in [0.25, 0.3) is 0 Å². The van der Waals surface area contributed by atoms with Gasteiger partial charge in [-0.15, -0.1) is 0 Å². The number of hydrogen-bond donors (Lipinski definition) is 3. The summed E-state index contributed by atoms with van der Waals surface area (Å²) < 4.78 is 0. The number of rotatable bonds is 7. The molecule has 0 aliphatic rings. The molecule has 0 rings (SSSR count). The zero-order valence-corrected chi connectivity index (χ0v) is 10.9. The molecule has 0 aromatic carbocycles. The number of nitrogens with two attached hydrogens (primary N) is 2. The van der Waals surface area contributed by atoms with Crippen molar-refractivity contribution in [1.82, 2.24) is 5.32 Å². The van der Waals surface area contributed by atoms with Gasteiger partial charge in [-0.3, -0.25) is 9.59 Å². The summed E-state index contributed by atoms with van der Waals surface area (Å²) in [6.07, 6.45) is 4.15. The molecule has 17 heavy (non-hydrogen) atoms. The van der Waals surface area contributed by atoms with Crippen LogP contribution in [0, 0.1) is 0 Å². The van der Waals surface area contributed by atoms with E-state index in [-0.39, 0.29) is 5.91 Å². The number of carbonyl (C=O) groups is 2. The highest BCUT2D eigenvalue weighted by molar-refractivity contribution is 5.97. The highest BCUT2D eigenvalue weighted by atomic mass is 16.2. The molecule has 0 saturated heterocycles. The van der Waals surface area contributed by atoms with E-state index >= 15 is 0 Å². The minimum absolute atomic E-state index is 0.242. The molecule has 0 saturated carbocycles. The second kappa shape index (κ2) is 7.06. The maximum absolute atomic E-state index is 11.9. The zero-order chi connectivity index (χ0) is 13.5. The first-order valence-electron chi connectivity index (χ1n) is 5.82. The zero-order valence-electron chi connectivity index (χ0n) is 10.9. The molecule has 0 bridgehead atoms. The minimum atomic E-state index is -1.03. The Balaban J connectivity index is 4.42. The molecule has 0 aliphatic carbocycles. The lowest BCUT2D eigenvalue weighted by molar-refractivity contribution is -0.128. The Morgan fingerprint density at radius 3 is 2.29 bits per heavy atom. The normalized spacial score (nSPS) is 12.4. The Morgan fingerprint density at radius 1 is 1.29 bits per heavy atom. The van der Waals surface area contributed by atoms with Crippen molar-refractivity contribution in [2.24, 2.45) is 11.5 Å². The van der Waals surface area contributed by atoms with Gasteiger partial charge in [0, 0.05) is 5.57 Å². The van der Waals surface area contributed by atoms with Crippen LogP contribution in [-0.4, -0.2) is 23.9 Å². The molecule has 0 aromatic heterocycles. The second-order valence-corrected chi connectivity index (χ2v) is 4.50. The number of carbonyl (C=O) groups excluding carboxylic acids is 2. The van der Waals surface area contributed by atoms with Crippen LogP contribution in [0.3, 0.4) is 0 Å². The van der Waals surface area contributed by atoms with Crippen LogP contribution in [0.15, 0.2) is 11.6 Å². The summed E-state index contributed by atoms with van der Waals surface area (Å²) in [7, 11) is 0. The number of nitrogens with one attached hydrogen (secondary N) is 1. The molecule has 5 heteroatoms. The Morgan fingerprint density at radius 2 is 1.88 bits per heavy atom. The lowest BCUT2D eigenvalue weighted by Crippen LogP contribution is -2.53. The van der Waals surface area contributed by atoms with E-state index < -0.39 is 11.4 Å². The van der Waals surface area contributed by atoms with Gasteiger partial charge in [-0.25, -0.2) is 0 Å². The van der Waals surface area contributed by atoms with Crippen molar-refractivity contribution < 1.29 is 9.59 Å². The summed E-state index contributed by atoms with van der Waals surface area (Å²) in [5.74, 6) is -0.795. The summed E-state index contributed by atoms with van der Waals surface area (Å²) in [5.41, 5.74) is 10.2. The third-order valence-corrected chi connectivity index (χ3v) is 2.58. The van der Waals surface area contributed by atoms with Crippen LogP contribution < -0.4 is 16.8 Å². The quantitative estimate of drug-likeness (QED) is 0.445. The molecule has 0 spiro atoms.